The van der Waals surface area contributed by atoms with Crippen LogP contribution in [0.15, 0.2) is 67.0 Å². The maximum absolute atomic E-state index is 14.0. The van der Waals surface area contributed by atoms with Gasteiger partial charge in [0, 0.05) is 38.1 Å². The molecule has 29 heavy (non-hydrogen) atoms. The first-order valence-electron chi connectivity index (χ1n) is 9.68. The summed E-state index contributed by atoms with van der Waals surface area (Å²) in [5.41, 5.74) is 3.85. The van der Waals surface area contributed by atoms with Crippen LogP contribution in [0.25, 0.3) is 0 Å². The van der Waals surface area contributed by atoms with Gasteiger partial charge in [-0.2, -0.15) is 0 Å². The first-order valence-corrected chi connectivity index (χ1v) is 9.68. The molecule has 0 saturated carbocycles. The molecule has 0 radical (unpaired) electrons. The fourth-order valence-electron chi connectivity index (χ4n) is 3.55. The Balaban J connectivity index is 1.44. The van der Waals surface area contributed by atoms with Crippen molar-refractivity contribution in [1.29, 1.82) is 0 Å². The fourth-order valence-corrected chi connectivity index (χ4v) is 3.55. The van der Waals surface area contributed by atoms with E-state index in [0.717, 1.165) is 30.0 Å². The third kappa shape index (κ3) is 4.21. The zero-order chi connectivity index (χ0) is 20.2. The van der Waals surface area contributed by atoms with Gasteiger partial charge in [-0.3, -0.25) is 9.78 Å². The third-order valence-electron chi connectivity index (χ3n) is 5.22. The fraction of sp³-hybridized carbons (Fsp3) is 0.217. The van der Waals surface area contributed by atoms with Gasteiger partial charge in [-0.15, -0.1) is 0 Å². The lowest BCUT2D eigenvalue weighted by atomic mass is 10.1. The number of nitrogens with zero attached hydrogens (tertiary/aromatic N) is 3. The highest BCUT2D eigenvalue weighted by atomic mass is 19.1. The van der Waals surface area contributed by atoms with Crippen molar-refractivity contribution < 1.29 is 9.18 Å². The number of hydrogen-bond donors (Lipinski definition) is 1. The van der Waals surface area contributed by atoms with Crippen LogP contribution in [0, 0.1) is 12.7 Å². The van der Waals surface area contributed by atoms with Crippen molar-refractivity contribution in [2.45, 2.75) is 6.92 Å². The number of anilines is 3. The smallest absolute Gasteiger partial charge is 0.257 e. The minimum Gasteiger partial charge on any atom is -0.367 e. The van der Waals surface area contributed by atoms with E-state index in [2.05, 4.69) is 15.2 Å². The molecular formula is C23H23FN4O. The number of nitrogens with one attached hydrogen (secondary N) is 1. The highest BCUT2D eigenvalue weighted by Gasteiger charge is 2.20. The van der Waals surface area contributed by atoms with Crippen LogP contribution in [-0.2, 0) is 0 Å². The van der Waals surface area contributed by atoms with E-state index >= 15 is 0 Å². The third-order valence-corrected chi connectivity index (χ3v) is 5.22. The zero-order valence-corrected chi connectivity index (χ0v) is 16.3. The Hall–Kier alpha value is -3.41. The average molecular weight is 390 g/mol. The standard InChI is InChI=1S/C23H23FN4O/c1-17-6-2-4-8-21(17)26-23(29)18-14-19(16-25-15-18)27-10-12-28(13-11-27)22-9-5-3-7-20(22)24/h2-9,14-16H,10-13H2,1H3,(H,26,29). The molecule has 1 amide bonds. The zero-order valence-electron chi connectivity index (χ0n) is 16.3. The number of aryl methyl sites for hydroxylation is 1. The number of para-hydroxylation sites is 2. The maximum atomic E-state index is 14.0. The molecule has 0 aliphatic carbocycles. The maximum Gasteiger partial charge on any atom is 0.257 e. The first-order chi connectivity index (χ1) is 14.1. The monoisotopic (exact) mass is 390 g/mol. The normalized spacial score (nSPS) is 14.0. The van der Waals surface area contributed by atoms with Crippen LogP contribution in [0.3, 0.4) is 0 Å². The predicted octanol–water partition coefficient (Wildman–Crippen LogP) is 4.11. The molecule has 1 saturated heterocycles. The second kappa shape index (κ2) is 8.31. The topological polar surface area (TPSA) is 48.5 Å². The molecule has 1 fully saturated rings. The van der Waals surface area contributed by atoms with Crippen LogP contribution in [0.5, 0.6) is 0 Å². The minimum atomic E-state index is -0.197. The molecule has 1 aliphatic rings. The molecule has 1 aliphatic heterocycles. The number of pyridine rings is 1. The molecule has 0 spiro atoms. The number of rotatable bonds is 4. The van der Waals surface area contributed by atoms with Gasteiger partial charge in [0.25, 0.3) is 5.91 Å². The molecule has 6 heteroatoms. The minimum absolute atomic E-state index is 0.182. The summed E-state index contributed by atoms with van der Waals surface area (Å²) < 4.78 is 14.0. The number of carbonyl (C=O) groups excluding carboxylic acids is 1. The van der Waals surface area contributed by atoms with Gasteiger partial charge in [-0.05, 0) is 36.8 Å². The SMILES string of the molecule is Cc1ccccc1NC(=O)c1cncc(N2CCN(c3ccccc3F)CC2)c1. The quantitative estimate of drug-likeness (QED) is 0.728. The molecule has 148 valence electrons. The highest BCUT2D eigenvalue weighted by molar-refractivity contribution is 6.04. The lowest BCUT2D eigenvalue weighted by Crippen LogP contribution is -2.46. The van der Waals surface area contributed by atoms with E-state index in [1.807, 2.05) is 54.3 Å². The van der Waals surface area contributed by atoms with E-state index in [9.17, 15) is 9.18 Å². The Morgan fingerprint density at radius 1 is 0.966 bits per heavy atom. The lowest BCUT2D eigenvalue weighted by molar-refractivity contribution is 0.102. The Bertz CT molecular complexity index is 1020. The van der Waals surface area contributed by atoms with Crippen molar-refractivity contribution in [3.8, 4) is 0 Å². The Morgan fingerprint density at radius 2 is 1.66 bits per heavy atom. The van der Waals surface area contributed by atoms with Gasteiger partial charge in [-0.25, -0.2) is 4.39 Å². The van der Waals surface area contributed by atoms with Crippen LogP contribution < -0.4 is 15.1 Å². The van der Waals surface area contributed by atoms with E-state index in [1.165, 1.54) is 6.07 Å². The highest BCUT2D eigenvalue weighted by Crippen LogP contribution is 2.23. The van der Waals surface area contributed by atoms with E-state index in [-0.39, 0.29) is 11.7 Å². The molecule has 5 nitrogen and oxygen atoms in total. The van der Waals surface area contributed by atoms with Gasteiger partial charge in [0.1, 0.15) is 5.82 Å². The van der Waals surface area contributed by atoms with Gasteiger partial charge < -0.3 is 15.1 Å². The molecule has 2 heterocycles. The number of amides is 1. The van der Waals surface area contributed by atoms with Gasteiger partial charge in [-0.1, -0.05) is 30.3 Å². The van der Waals surface area contributed by atoms with Crippen LogP contribution in [0.1, 0.15) is 15.9 Å². The Kier molecular flexibility index (Phi) is 5.42. The molecular weight excluding hydrogens is 367 g/mol. The second-order valence-electron chi connectivity index (χ2n) is 7.13. The molecule has 1 N–H and O–H groups in total. The predicted molar refractivity (Wildman–Crippen MR) is 114 cm³/mol. The molecule has 1 aromatic heterocycles. The Morgan fingerprint density at radius 3 is 2.41 bits per heavy atom. The molecule has 4 rings (SSSR count). The summed E-state index contributed by atoms with van der Waals surface area (Å²) in [4.78, 5) is 21.1. The number of aromatic nitrogens is 1. The number of piperazine rings is 1. The average Bonchev–Trinajstić information content (AvgIpc) is 2.76. The summed E-state index contributed by atoms with van der Waals surface area (Å²) in [5, 5.41) is 2.94. The lowest BCUT2D eigenvalue weighted by Gasteiger charge is -2.37. The summed E-state index contributed by atoms with van der Waals surface area (Å²) >= 11 is 0. The Labute approximate surface area is 169 Å². The van der Waals surface area contributed by atoms with Gasteiger partial charge in [0.05, 0.1) is 23.1 Å². The number of halogens is 1. The summed E-state index contributed by atoms with van der Waals surface area (Å²) in [5.74, 6) is -0.379. The van der Waals surface area contributed by atoms with Crippen molar-refractivity contribution in [3.05, 3.63) is 83.9 Å². The van der Waals surface area contributed by atoms with Gasteiger partial charge in [0.2, 0.25) is 0 Å². The summed E-state index contributed by atoms with van der Waals surface area (Å²) in [7, 11) is 0. The van der Waals surface area contributed by atoms with E-state index in [1.54, 1.807) is 18.5 Å². The van der Waals surface area contributed by atoms with Gasteiger partial charge in [0.15, 0.2) is 0 Å². The van der Waals surface area contributed by atoms with Crippen molar-refractivity contribution >= 4 is 23.0 Å². The van der Waals surface area contributed by atoms with Crippen LogP contribution in [0.4, 0.5) is 21.5 Å². The van der Waals surface area contributed by atoms with E-state index in [0.29, 0.717) is 24.3 Å². The van der Waals surface area contributed by atoms with Crippen molar-refractivity contribution in [1.82, 2.24) is 4.98 Å². The first kappa shape index (κ1) is 18.9. The molecule has 0 unspecified atom stereocenters. The molecule has 0 atom stereocenters. The number of benzene rings is 2. The van der Waals surface area contributed by atoms with Crippen molar-refractivity contribution in [3.63, 3.8) is 0 Å². The summed E-state index contributed by atoms with van der Waals surface area (Å²) in [6, 6.07) is 16.4. The summed E-state index contributed by atoms with van der Waals surface area (Å²) in [6.45, 7) is 4.85. The largest absolute Gasteiger partial charge is 0.367 e. The van der Waals surface area contributed by atoms with Crippen molar-refractivity contribution in [2.75, 3.05) is 41.3 Å². The second-order valence-corrected chi connectivity index (χ2v) is 7.13. The van der Waals surface area contributed by atoms with Crippen LogP contribution in [0.2, 0.25) is 0 Å². The van der Waals surface area contributed by atoms with E-state index < -0.39 is 0 Å². The number of hydrogen-bond acceptors (Lipinski definition) is 4. The number of carbonyl (C=O) groups is 1. The van der Waals surface area contributed by atoms with E-state index in [4.69, 9.17) is 0 Å². The van der Waals surface area contributed by atoms with Crippen LogP contribution >= 0.6 is 0 Å². The van der Waals surface area contributed by atoms with Crippen molar-refractivity contribution in [2.24, 2.45) is 0 Å². The van der Waals surface area contributed by atoms with Gasteiger partial charge >= 0.3 is 0 Å². The molecule has 2 aromatic carbocycles. The molecule has 0 bridgehead atoms. The van der Waals surface area contributed by atoms with Crippen LogP contribution in [-0.4, -0.2) is 37.1 Å². The summed E-state index contributed by atoms with van der Waals surface area (Å²) in [6.07, 6.45) is 3.34. The molecule has 3 aromatic rings.